The second-order valence-electron chi connectivity index (χ2n) is 6.02. The molecule has 22 heavy (non-hydrogen) atoms. The first-order valence-electron chi connectivity index (χ1n) is 7.77. The van der Waals surface area contributed by atoms with Crippen molar-refractivity contribution in [3.63, 3.8) is 0 Å². The van der Waals surface area contributed by atoms with Crippen LogP contribution in [0.1, 0.15) is 12.0 Å². The van der Waals surface area contributed by atoms with Crippen molar-refractivity contribution in [1.82, 2.24) is 4.90 Å². The van der Waals surface area contributed by atoms with Gasteiger partial charge in [0.1, 0.15) is 0 Å². The predicted molar refractivity (Wildman–Crippen MR) is 92.4 cm³/mol. The maximum absolute atomic E-state index is 12.3. The van der Waals surface area contributed by atoms with Crippen molar-refractivity contribution in [1.29, 1.82) is 0 Å². The molecule has 0 N–H and O–H groups in total. The molecule has 1 atom stereocenters. The molecule has 0 aliphatic carbocycles. The Labute approximate surface area is 136 Å². The number of carbonyl (C=O) groups excluding carboxylic acids is 1. The molecule has 0 spiro atoms. The first-order valence-corrected chi connectivity index (χ1v) is 8.71. The average molecular weight is 314 g/mol. The summed E-state index contributed by atoms with van der Waals surface area (Å²) in [6.45, 7) is 2.98. The molecule has 1 aliphatic rings. The zero-order valence-corrected chi connectivity index (χ0v) is 13.8. The molecule has 1 aliphatic heterocycles. The summed E-state index contributed by atoms with van der Waals surface area (Å²) in [6, 6.07) is 12.6. The van der Waals surface area contributed by atoms with E-state index < -0.39 is 0 Å². The molecule has 1 unspecified atom stereocenters. The number of benzene rings is 1. The van der Waals surface area contributed by atoms with Crippen molar-refractivity contribution in [3.05, 3.63) is 52.7 Å². The van der Waals surface area contributed by atoms with Crippen molar-refractivity contribution < 1.29 is 4.79 Å². The zero-order chi connectivity index (χ0) is 15.4. The van der Waals surface area contributed by atoms with E-state index in [0.29, 0.717) is 12.3 Å². The fraction of sp³-hybridized carbons (Fsp3) is 0.389. The predicted octanol–water partition coefficient (Wildman–Crippen LogP) is 3.28. The minimum absolute atomic E-state index is 0.219. The summed E-state index contributed by atoms with van der Waals surface area (Å²) in [5, 5.41) is 4.08. The maximum atomic E-state index is 12.3. The smallest absolute Gasteiger partial charge is 0.226 e. The molecular weight excluding hydrogens is 292 g/mol. The second kappa shape index (κ2) is 6.97. The van der Waals surface area contributed by atoms with Crippen LogP contribution in [0.2, 0.25) is 0 Å². The standard InChI is InChI=1S/C18H22N2OS/c1-19(18(21)11-15-8-10-22-14-15)12-16-7-9-20(13-16)17-5-3-2-4-6-17/h2-6,8,10,14,16H,7,9,11-13H2,1H3. The highest BCUT2D eigenvalue weighted by atomic mass is 32.1. The molecule has 116 valence electrons. The van der Waals surface area contributed by atoms with Crippen LogP contribution in [0.5, 0.6) is 0 Å². The maximum Gasteiger partial charge on any atom is 0.226 e. The molecule has 1 amide bonds. The van der Waals surface area contributed by atoms with E-state index in [1.807, 2.05) is 29.5 Å². The van der Waals surface area contributed by atoms with Gasteiger partial charge in [0, 0.05) is 32.4 Å². The third kappa shape index (κ3) is 3.69. The summed E-state index contributed by atoms with van der Waals surface area (Å²) in [6.07, 6.45) is 1.68. The van der Waals surface area contributed by atoms with E-state index in [4.69, 9.17) is 0 Å². The molecular formula is C18H22N2OS. The van der Waals surface area contributed by atoms with E-state index >= 15 is 0 Å². The van der Waals surface area contributed by atoms with Crippen LogP contribution in [0.3, 0.4) is 0 Å². The van der Waals surface area contributed by atoms with Crippen LogP contribution in [0.25, 0.3) is 0 Å². The molecule has 1 fully saturated rings. The molecule has 2 aromatic rings. The number of hydrogen-bond donors (Lipinski definition) is 0. The van der Waals surface area contributed by atoms with Gasteiger partial charge in [0.15, 0.2) is 0 Å². The molecule has 3 rings (SSSR count). The molecule has 0 radical (unpaired) electrons. The molecule has 1 saturated heterocycles. The molecule has 0 bridgehead atoms. The van der Waals surface area contributed by atoms with Crippen molar-refractivity contribution in [2.24, 2.45) is 5.92 Å². The van der Waals surface area contributed by atoms with Crippen LogP contribution in [0, 0.1) is 5.92 Å². The Morgan fingerprint density at radius 2 is 2.14 bits per heavy atom. The molecule has 1 aromatic carbocycles. The number of para-hydroxylation sites is 1. The van der Waals surface area contributed by atoms with Crippen LogP contribution in [0.4, 0.5) is 5.69 Å². The van der Waals surface area contributed by atoms with Gasteiger partial charge in [-0.25, -0.2) is 0 Å². The van der Waals surface area contributed by atoms with Crippen LogP contribution in [0.15, 0.2) is 47.2 Å². The minimum atomic E-state index is 0.219. The summed E-state index contributed by atoms with van der Waals surface area (Å²) in [5.74, 6) is 0.785. The van der Waals surface area contributed by atoms with Gasteiger partial charge in [0.2, 0.25) is 5.91 Å². The van der Waals surface area contributed by atoms with E-state index in [0.717, 1.165) is 31.6 Å². The fourth-order valence-electron chi connectivity index (χ4n) is 3.05. The largest absolute Gasteiger partial charge is 0.371 e. The lowest BCUT2D eigenvalue weighted by atomic mass is 10.1. The number of hydrogen-bond acceptors (Lipinski definition) is 3. The van der Waals surface area contributed by atoms with Crippen molar-refractivity contribution in [2.75, 3.05) is 31.6 Å². The normalized spacial score (nSPS) is 17.7. The monoisotopic (exact) mass is 314 g/mol. The number of likely N-dealkylation sites (N-methyl/N-ethyl adjacent to an activating group) is 1. The van der Waals surface area contributed by atoms with Gasteiger partial charge in [-0.3, -0.25) is 4.79 Å². The third-order valence-corrected chi connectivity index (χ3v) is 5.03. The molecule has 1 aromatic heterocycles. The highest BCUT2D eigenvalue weighted by Gasteiger charge is 2.25. The van der Waals surface area contributed by atoms with Crippen LogP contribution < -0.4 is 4.90 Å². The van der Waals surface area contributed by atoms with Gasteiger partial charge in [-0.15, -0.1) is 0 Å². The van der Waals surface area contributed by atoms with E-state index in [1.165, 1.54) is 5.69 Å². The lowest BCUT2D eigenvalue weighted by Crippen LogP contribution is -2.34. The number of carbonyl (C=O) groups is 1. The van der Waals surface area contributed by atoms with Crippen molar-refractivity contribution >= 4 is 22.9 Å². The van der Waals surface area contributed by atoms with Gasteiger partial charge < -0.3 is 9.80 Å². The third-order valence-electron chi connectivity index (χ3n) is 4.30. The van der Waals surface area contributed by atoms with E-state index in [2.05, 4.69) is 34.5 Å². The number of nitrogens with zero attached hydrogens (tertiary/aromatic N) is 2. The molecule has 3 nitrogen and oxygen atoms in total. The van der Waals surface area contributed by atoms with Gasteiger partial charge >= 0.3 is 0 Å². The summed E-state index contributed by atoms with van der Waals surface area (Å²) in [5.41, 5.74) is 2.41. The Hall–Kier alpha value is -1.81. The van der Waals surface area contributed by atoms with E-state index in [-0.39, 0.29) is 5.91 Å². The summed E-state index contributed by atoms with van der Waals surface area (Å²) in [7, 11) is 1.93. The Balaban J connectivity index is 1.50. The molecule has 0 saturated carbocycles. The average Bonchev–Trinajstić information content (AvgIpc) is 3.20. The first-order chi connectivity index (χ1) is 10.7. The highest BCUT2D eigenvalue weighted by Crippen LogP contribution is 2.24. The van der Waals surface area contributed by atoms with Crippen LogP contribution in [-0.2, 0) is 11.2 Å². The van der Waals surface area contributed by atoms with E-state index in [1.54, 1.807) is 11.3 Å². The Morgan fingerprint density at radius 1 is 1.32 bits per heavy atom. The van der Waals surface area contributed by atoms with Crippen LogP contribution >= 0.6 is 11.3 Å². The Kier molecular flexibility index (Phi) is 4.78. The van der Waals surface area contributed by atoms with Gasteiger partial charge in [0.25, 0.3) is 0 Å². The fourth-order valence-corrected chi connectivity index (χ4v) is 3.72. The highest BCUT2D eigenvalue weighted by molar-refractivity contribution is 7.07. The number of rotatable bonds is 5. The number of amides is 1. The lowest BCUT2D eigenvalue weighted by Gasteiger charge is -2.22. The number of thiophene rings is 1. The summed E-state index contributed by atoms with van der Waals surface area (Å²) >= 11 is 1.65. The quantitative estimate of drug-likeness (QED) is 0.845. The van der Waals surface area contributed by atoms with Gasteiger partial charge in [-0.2, -0.15) is 11.3 Å². The first kappa shape index (κ1) is 15.1. The summed E-state index contributed by atoms with van der Waals surface area (Å²) < 4.78 is 0. The second-order valence-corrected chi connectivity index (χ2v) is 6.80. The lowest BCUT2D eigenvalue weighted by molar-refractivity contribution is -0.129. The van der Waals surface area contributed by atoms with Crippen LogP contribution in [-0.4, -0.2) is 37.5 Å². The molecule has 4 heteroatoms. The van der Waals surface area contributed by atoms with Gasteiger partial charge in [0.05, 0.1) is 6.42 Å². The molecule has 2 heterocycles. The zero-order valence-electron chi connectivity index (χ0n) is 12.9. The van der Waals surface area contributed by atoms with Gasteiger partial charge in [-0.1, -0.05) is 18.2 Å². The number of anilines is 1. The van der Waals surface area contributed by atoms with Crippen molar-refractivity contribution in [2.45, 2.75) is 12.8 Å². The summed E-state index contributed by atoms with van der Waals surface area (Å²) in [4.78, 5) is 16.6. The SMILES string of the molecule is CN(CC1CCN(c2ccccc2)C1)C(=O)Cc1ccsc1. The topological polar surface area (TPSA) is 23.6 Å². The minimum Gasteiger partial charge on any atom is -0.371 e. The van der Waals surface area contributed by atoms with E-state index in [9.17, 15) is 4.79 Å². The van der Waals surface area contributed by atoms with Gasteiger partial charge in [-0.05, 0) is 46.9 Å². The van der Waals surface area contributed by atoms with Crippen molar-refractivity contribution in [3.8, 4) is 0 Å². The Morgan fingerprint density at radius 3 is 2.86 bits per heavy atom. The Bertz CT molecular complexity index is 597.